The summed E-state index contributed by atoms with van der Waals surface area (Å²) in [5, 5.41) is 44.5. The summed E-state index contributed by atoms with van der Waals surface area (Å²) in [7, 11) is 0. The molecule has 1 aliphatic rings. The Morgan fingerprint density at radius 3 is 1.88 bits per heavy atom. The highest BCUT2D eigenvalue weighted by molar-refractivity contribution is 5.66. The molecule has 1 heterocycles. The van der Waals surface area contributed by atoms with E-state index in [0.29, 0.717) is 6.42 Å². The fraction of sp³-hybridized carbons (Fsp3) is 0.944. The zero-order valence-electron chi connectivity index (χ0n) is 15.8. The van der Waals surface area contributed by atoms with Crippen molar-refractivity contribution in [3.05, 3.63) is 0 Å². The summed E-state index contributed by atoms with van der Waals surface area (Å²) in [5.41, 5.74) is 5.26. The maximum absolute atomic E-state index is 10.2. The molecule has 156 valence electrons. The summed E-state index contributed by atoms with van der Waals surface area (Å²) in [6.07, 6.45) is 6.63. The van der Waals surface area contributed by atoms with Crippen molar-refractivity contribution in [1.82, 2.24) is 0 Å². The molecule has 1 saturated heterocycles. The highest BCUT2D eigenvalue weighted by atomic mass is 16.6. The number of nitrogens with two attached hydrogens (primary N) is 1. The van der Waals surface area contributed by atoms with Gasteiger partial charge in [-0.15, -0.1) is 0 Å². The SMILES string of the molecule is CCCCCCCCCCCC(=O)O.N[C@@H]1[C@@H](O)[C@H](O)[C@@H](CO)O[C@H]1O. The van der Waals surface area contributed by atoms with Crippen LogP contribution in [0.25, 0.3) is 0 Å². The summed E-state index contributed by atoms with van der Waals surface area (Å²) in [5.74, 6) is -0.659. The molecule has 0 saturated carbocycles. The van der Waals surface area contributed by atoms with E-state index in [1.54, 1.807) is 0 Å². The zero-order valence-corrected chi connectivity index (χ0v) is 15.8. The smallest absolute Gasteiger partial charge is 0.303 e. The quantitative estimate of drug-likeness (QED) is 0.287. The van der Waals surface area contributed by atoms with Gasteiger partial charge in [0.1, 0.15) is 18.3 Å². The largest absolute Gasteiger partial charge is 0.481 e. The van der Waals surface area contributed by atoms with Crippen LogP contribution in [0.2, 0.25) is 0 Å². The Balaban J connectivity index is 0.000000485. The maximum atomic E-state index is 10.2. The Morgan fingerprint density at radius 2 is 1.42 bits per heavy atom. The van der Waals surface area contributed by atoms with Crippen molar-refractivity contribution in [1.29, 1.82) is 0 Å². The van der Waals surface area contributed by atoms with Crippen LogP contribution < -0.4 is 5.73 Å². The molecule has 0 aromatic carbocycles. The molecule has 8 nitrogen and oxygen atoms in total. The van der Waals surface area contributed by atoms with Crippen molar-refractivity contribution in [2.75, 3.05) is 6.61 Å². The van der Waals surface area contributed by atoms with Gasteiger partial charge in [0, 0.05) is 6.42 Å². The number of unbranched alkanes of at least 4 members (excludes halogenated alkanes) is 8. The van der Waals surface area contributed by atoms with Crippen molar-refractivity contribution in [2.24, 2.45) is 5.73 Å². The minimum absolute atomic E-state index is 0.343. The second-order valence-electron chi connectivity index (χ2n) is 6.78. The molecule has 5 atom stereocenters. The number of aliphatic hydroxyl groups excluding tert-OH is 4. The standard InChI is InChI=1S/C12H24O2.C6H13NO5/c1-2-3-4-5-6-7-8-9-10-11-12(13)14;7-3-5(10)4(9)2(1-8)12-6(3)11/h2-11H2,1H3,(H,13,14);2-6,8-11H,1,7H2/t;2-,3-,4-,5-,6-/m.1/s1. The number of carboxylic acid groups (broad SMARTS) is 1. The van der Waals surface area contributed by atoms with Gasteiger partial charge in [-0.25, -0.2) is 0 Å². The molecule has 1 aliphatic heterocycles. The van der Waals surface area contributed by atoms with Gasteiger partial charge in [0.2, 0.25) is 0 Å². The van der Waals surface area contributed by atoms with Gasteiger partial charge in [-0.1, -0.05) is 58.3 Å². The lowest BCUT2D eigenvalue weighted by atomic mass is 9.98. The summed E-state index contributed by atoms with van der Waals surface area (Å²) < 4.78 is 4.70. The first-order valence-electron chi connectivity index (χ1n) is 9.63. The highest BCUT2D eigenvalue weighted by Gasteiger charge is 2.41. The minimum Gasteiger partial charge on any atom is -0.481 e. The first-order valence-corrected chi connectivity index (χ1v) is 9.63. The predicted octanol–water partition coefficient (Wildman–Crippen LogP) is 0.737. The van der Waals surface area contributed by atoms with E-state index in [0.717, 1.165) is 12.8 Å². The lowest BCUT2D eigenvalue weighted by molar-refractivity contribution is -0.248. The molecule has 7 N–H and O–H groups in total. The van der Waals surface area contributed by atoms with Crippen molar-refractivity contribution < 1.29 is 35.1 Å². The number of carboxylic acids is 1. The van der Waals surface area contributed by atoms with E-state index in [1.165, 1.54) is 44.9 Å². The lowest BCUT2D eigenvalue weighted by Crippen LogP contribution is -2.61. The van der Waals surface area contributed by atoms with Crippen molar-refractivity contribution in [2.45, 2.75) is 102 Å². The molecule has 0 aromatic rings. The van der Waals surface area contributed by atoms with Gasteiger partial charge in [0.15, 0.2) is 6.29 Å². The van der Waals surface area contributed by atoms with Gasteiger partial charge >= 0.3 is 5.97 Å². The summed E-state index contributed by atoms with van der Waals surface area (Å²) in [6.45, 7) is 1.76. The molecule has 0 spiro atoms. The monoisotopic (exact) mass is 379 g/mol. The number of hydrogen-bond donors (Lipinski definition) is 6. The molecule has 0 radical (unpaired) electrons. The number of aliphatic carboxylic acids is 1. The number of rotatable bonds is 11. The number of aliphatic hydroxyl groups is 4. The second kappa shape index (κ2) is 15.3. The predicted molar refractivity (Wildman–Crippen MR) is 97.4 cm³/mol. The van der Waals surface area contributed by atoms with Crippen LogP contribution in [0.5, 0.6) is 0 Å². The van der Waals surface area contributed by atoms with Gasteiger partial charge in [-0.05, 0) is 6.42 Å². The maximum Gasteiger partial charge on any atom is 0.303 e. The normalized spacial score (nSPS) is 28.3. The van der Waals surface area contributed by atoms with Crippen LogP contribution in [0.3, 0.4) is 0 Å². The van der Waals surface area contributed by atoms with Crippen LogP contribution in [0.15, 0.2) is 0 Å². The minimum atomic E-state index is -1.35. The molecule has 0 aromatic heterocycles. The Bertz CT molecular complexity index is 352. The average Bonchev–Trinajstić information content (AvgIpc) is 2.62. The molecule has 26 heavy (non-hydrogen) atoms. The molecular weight excluding hydrogens is 342 g/mol. The zero-order chi connectivity index (χ0) is 19.9. The Labute approximate surface area is 156 Å². The van der Waals surface area contributed by atoms with Crippen LogP contribution in [0.1, 0.15) is 71.1 Å². The van der Waals surface area contributed by atoms with E-state index in [4.69, 9.17) is 25.8 Å². The van der Waals surface area contributed by atoms with Crippen molar-refractivity contribution in [3.8, 4) is 0 Å². The third-order valence-corrected chi connectivity index (χ3v) is 4.44. The molecule has 1 fully saturated rings. The topological polar surface area (TPSA) is 153 Å². The fourth-order valence-electron chi connectivity index (χ4n) is 2.70. The fourth-order valence-corrected chi connectivity index (χ4v) is 2.70. The Morgan fingerprint density at radius 1 is 0.923 bits per heavy atom. The molecule has 0 unspecified atom stereocenters. The Kier molecular flexibility index (Phi) is 14.9. The Hall–Kier alpha value is -0.770. The van der Waals surface area contributed by atoms with E-state index >= 15 is 0 Å². The van der Waals surface area contributed by atoms with E-state index in [2.05, 4.69) is 6.92 Å². The van der Waals surface area contributed by atoms with E-state index in [9.17, 15) is 15.0 Å². The van der Waals surface area contributed by atoms with Crippen LogP contribution in [-0.4, -0.2) is 68.8 Å². The van der Waals surface area contributed by atoms with E-state index in [-0.39, 0.29) is 0 Å². The van der Waals surface area contributed by atoms with Crippen LogP contribution >= 0.6 is 0 Å². The second-order valence-corrected chi connectivity index (χ2v) is 6.78. The van der Waals surface area contributed by atoms with Gasteiger partial charge in [-0.3, -0.25) is 4.79 Å². The van der Waals surface area contributed by atoms with Gasteiger partial charge in [-0.2, -0.15) is 0 Å². The first kappa shape index (κ1) is 25.2. The number of carbonyl (C=O) groups is 1. The average molecular weight is 379 g/mol. The first-order chi connectivity index (χ1) is 12.3. The van der Waals surface area contributed by atoms with Gasteiger partial charge in [0.05, 0.1) is 12.6 Å². The van der Waals surface area contributed by atoms with Crippen molar-refractivity contribution >= 4 is 5.97 Å². The molecule has 0 aliphatic carbocycles. The van der Waals surface area contributed by atoms with Crippen molar-refractivity contribution in [3.63, 3.8) is 0 Å². The third-order valence-electron chi connectivity index (χ3n) is 4.44. The molecule has 0 bridgehead atoms. The molecule has 0 amide bonds. The van der Waals surface area contributed by atoms with E-state index in [1.807, 2.05) is 0 Å². The summed E-state index contributed by atoms with van der Waals surface area (Å²) in [4.78, 5) is 10.2. The summed E-state index contributed by atoms with van der Waals surface area (Å²) >= 11 is 0. The highest BCUT2D eigenvalue weighted by Crippen LogP contribution is 2.17. The van der Waals surface area contributed by atoms with Crippen LogP contribution in [-0.2, 0) is 9.53 Å². The van der Waals surface area contributed by atoms with Crippen LogP contribution in [0, 0.1) is 0 Å². The lowest BCUT2D eigenvalue weighted by Gasteiger charge is -2.38. The summed E-state index contributed by atoms with van der Waals surface area (Å²) in [6, 6.07) is -1.04. The number of ether oxygens (including phenoxy) is 1. The third kappa shape index (κ3) is 11.1. The van der Waals surface area contributed by atoms with Crippen LogP contribution in [0.4, 0.5) is 0 Å². The molecule has 8 heteroatoms. The molecule has 1 rings (SSSR count). The number of hydrogen-bond acceptors (Lipinski definition) is 7. The van der Waals surface area contributed by atoms with Gasteiger partial charge < -0.3 is 36.0 Å². The van der Waals surface area contributed by atoms with E-state index < -0.39 is 43.2 Å². The molecular formula is C18H37NO7. The van der Waals surface area contributed by atoms with Gasteiger partial charge in [0.25, 0.3) is 0 Å².